The van der Waals surface area contributed by atoms with Gasteiger partial charge >= 0.3 is 0 Å². The third-order valence-electron chi connectivity index (χ3n) is 2.52. The van der Waals surface area contributed by atoms with E-state index in [1.54, 1.807) is 20.4 Å². The molecule has 0 aromatic rings. The number of hydrogen-bond acceptors (Lipinski definition) is 3. The van der Waals surface area contributed by atoms with Crippen LogP contribution in [0.2, 0.25) is 0 Å². The number of methoxy groups -OCH3 is 1. The Labute approximate surface area is 91.5 Å². The molecule has 0 aromatic carbocycles. The minimum atomic E-state index is 0.172. The van der Waals surface area contributed by atoms with E-state index in [9.17, 15) is 0 Å². The molecule has 1 fully saturated rings. The minimum Gasteiger partial charge on any atom is -0.490 e. The highest BCUT2D eigenvalue weighted by molar-refractivity contribution is 5.79. The number of allylic oxidation sites excluding steroid dienone is 2. The summed E-state index contributed by atoms with van der Waals surface area (Å²) >= 11 is 0. The van der Waals surface area contributed by atoms with E-state index < -0.39 is 0 Å². The molecule has 84 valence electrons. The monoisotopic (exact) mass is 209 g/mol. The number of ether oxygens (including phenoxy) is 2. The van der Waals surface area contributed by atoms with Crippen LogP contribution < -0.4 is 0 Å². The molecule has 15 heavy (non-hydrogen) atoms. The predicted molar refractivity (Wildman–Crippen MR) is 62.2 cm³/mol. The molecule has 1 aliphatic rings. The van der Waals surface area contributed by atoms with E-state index in [2.05, 4.69) is 11.6 Å². The maximum absolute atomic E-state index is 5.70. The summed E-state index contributed by atoms with van der Waals surface area (Å²) in [5.74, 6) is 0.875. The lowest BCUT2D eigenvalue weighted by molar-refractivity contribution is 0.0388. The van der Waals surface area contributed by atoms with E-state index in [0.717, 1.165) is 29.7 Å². The van der Waals surface area contributed by atoms with Crippen LogP contribution in [-0.4, -0.2) is 33.1 Å². The maximum atomic E-state index is 5.70. The zero-order chi connectivity index (χ0) is 11.3. The second-order valence-electron chi connectivity index (χ2n) is 3.71. The summed E-state index contributed by atoms with van der Waals surface area (Å²) in [6.45, 7) is 6.61. The molecule has 0 aromatic heterocycles. The highest BCUT2D eigenvalue weighted by atomic mass is 16.5. The van der Waals surface area contributed by atoms with Crippen LogP contribution in [0.4, 0.5) is 0 Å². The smallest absolute Gasteiger partial charge is 0.126 e. The molecule has 0 radical (unpaired) electrons. The lowest BCUT2D eigenvalue weighted by Gasteiger charge is -2.12. The van der Waals surface area contributed by atoms with Gasteiger partial charge in [0.15, 0.2) is 0 Å². The average Bonchev–Trinajstić information content (AvgIpc) is 2.40. The van der Waals surface area contributed by atoms with Crippen molar-refractivity contribution in [3.8, 4) is 0 Å². The summed E-state index contributed by atoms with van der Waals surface area (Å²) in [5, 5.41) is 0. The zero-order valence-electron chi connectivity index (χ0n) is 9.75. The van der Waals surface area contributed by atoms with E-state index >= 15 is 0 Å². The summed E-state index contributed by atoms with van der Waals surface area (Å²) in [5.41, 5.74) is 2.06. The van der Waals surface area contributed by atoms with Crippen molar-refractivity contribution in [2.24, 2.45) is 4.99 Å². The van der Waals surface area contributed by atoms with Gasteiger partial charge in [0.1, 0.15) is 12.4 Å². The Morgan fingerprint density at radius 3 is 3.00 bits per heavy atom. The molecule has 0 saturated carbocycles. The van der Waals surface area contributed by atoms with Crippen molar-refractivity contribution in [3.63, 3.8) is 0 Å². The third kappa shape index (κ3) is 3.20. The molecule has 0 spiro atoms. The van der Waals surface area contributed by atoms with Crippen molar-refractivity contribution in [2.45, 2.75) is 25.9 Å². The minimum absolute atomic E-state index is 0.172. The molecule has 1 aliphatic heterocycles. The molecule has 0 N–H and O–H groups in total. The first-order valence-corrected chi connectivity index (χ1v) is 5.15. The van der Waals surface area contributed by atoms with Crippen LogP contribution in [0, 0.1) is 0 Å². The highest BCUT2D eigenvalue weighted by Crippen LogP contribution is 2.24. The topological polar surface area (TPSA) is 30.8 Å². The van der Waals surface area contributed by atoms with Crippen LogP contribution in [0.5, 0.6) is 0 Å². The van der Waals surface area contributed by atoms with Crippen LogP contribution in [0.1, 0.15) is 19.8 Å². The van der Waals surface area contributed by atoms with Crippen LogP contribution in [0.3, 0.4) is 0 Å². The zero-order valence-corrected chi connectivity index (χ0v) is 9.75. The second kappa shape index (κ2) is 5.71. The third-order valence-corrected chi connectivity index (χ3v) is 2.52. The second-order valence-corrected chi connectivity index (χ2v) is 3.71. The van der Waals surface area contributed by atoms with Gasteiger partial charge in [-0.25, -0.2) is 0 Å². The van der Waals surface area contributed by atoms with Gasteiger partial charge in [0, 0.05) is 25.9 Å². The number of nitrogens with zero attached hydrogens (tertiary/aromatic N) is 1. The van der Waals surface area contributed by atoms with Gasteiger partial charge in [-0.1, -0.05) is 6.58 Å². The Bertz CT molecular complexity index is 292. The van der Waals surface area contributed by atoms with Gasteiger partial charge in [-0.3, -0.25) is 4.99 Å². The maximum Gasteiger partial charge on any atom is 0.126 e. The summed E-state index contributed by atoms with van der Waals surface area (Å²) < 4.78 is 11.0. The van der Waals surface area contributed by atoms with Crippen molar-refractivity contribution >= 4 is 6.21 Å². The first-order chi connectivity index (χ1) is 7.19. The van der Waals surface area contributed by atoms with Gasteiger partial charge in [0.2, 0.25) is 0 Å². The largest absolute Gasteiger partial charge is 0.490 e. The number of rotatable bonds is 2. The van der Waals surface area contributed by atoms with E-state index in [-0.39, 0.29) is 6.10 Å². The fourth-order valence-corrected chi connectivity index (χ4v) is 1.64. The lowest BCUT2D eigenvalue weighted by atomic mass is 10.1. The Morgan fingerprint density at radius 2 is 2.40 bits per heavy atom. The fraction of sp³-hybridized carbons (Fsp3) is 0.583. The van der Waals surface area contributed by atoms with Crippen LogP contribution in [-0.2, 0) is 9.47 Å². The lowest BCUT2D eigenvalue weighted by Crippen LogP contribution is -2.15. The van der Waals surface area contributed by atoms with Gasteiger partial charge in [-0.15, -0.1) is 0 Å². The number of aliphatic imine (C=N–C) groups is 1. The molecule has 0 unspecified atom stereocenters. The Hall–Kier alpha value is -1.09. The van der Waals surface area contributed by atoms with E-state index in [4.69, 9.17) is 9.47 Å². The summed E-state index contributed by atoms with van der Waals surface area (Å²) in [6, 6.07) is 0. The molecule has 1 atom stereocenters. The first kappa shape index (κ1) is 12.0. The van der Waals surface area contributed by atoms with Crippen molar-refractivity contribution in [1.82, 2.24) is 0 Å². The summed E-state index contributed by atoms with van der Waals surface area (Å²) in [6.07, 6.45) is 3.86. The van der Waals surface area contributed by atoms with Crippen LogP contribution in [0.15, 0.2) is 28.5 Å². The molecular weight excluding hydrogens is 190 g/mol. The SMILES string of the molecule is C=C1CC[C@@H](OC)CO/C1=C(\C)C=NC. The average molecular weight is 209 g/mol. The van der Waals surface area contributed by atoms with Crippen molar-refractivity contribution in [3.05, 3.63) is 23.5 Å². The van der Waals surface area contributed by atoms with Gasteiger partial charge in [-0.05, 0) is 25.3 Å². The van der Waals surface area contributed by atoms with Crippen molar-refractivity contribution in [2.75, 3.05) is 20.8 Å². The van der Waals surface area contributed by atoms with Crippen LogP contribution >= 0.6 is 0 Å². The molecule has 0 amide bonds. The van der Waals surface area contributed by atoms with Crippen molar-refractivity contribution < 1.29 is 9.47 Å². The summed E-state index contributed by atoms with van der Waals surface area (Å²) in [7, 11) is 3.47. The Kier molecular flexibility index (Phi) is 4.56. The molecule has 0 aliphatic carbocycles. The van der Waals surface area contributed by atoms with Crippen molar-refractivity contribution in [1.29, 1.82) is 0 Å². The molecule has 1 heterocycles. The van der Waals surface area contributed by atoms with E-state index in [1.165, 1.54) is 0 Å². The van der Waals surface area contributed by atoms with Gasteiger partial charge in [0.25, 0.3) is 0 Å². The predicted octanol–water partition coefficient (Wildman–Crippen LogP) is 2.34. The molecule has 1 saturated heterocycles. The quantitative estimate of drug-likeness (QED) is 0.653. The normalized spacial score (nSPS) is 26.3. The Morgan fingerprint density at radius 1 is 1.67 bits per heavy atom. The van der Waals surface area contributed by atoms with E-state index in [1.807, 2.05) is 6.92 Å². The van der Waals surface area contributed by atoms with E-state index in [0.29, 0.717) is 6.61 Å². The Balaban J connectivity index is 2.82. The molecule has 0 bridgehead atoms. The number of hydrogen-bond donors (Lipinski definition) is 0. The van der Waals surface area contributed by atoms with Gasteiger partial charge in [0.05, 0.1) is 6.10 Å². The standard InChI is InChI=1S/C12H19NO2/c1-9-5-6-11(14-4)8-15-12(9)10(2)7-13-3/h7,11H,1,5-6,8H2,2-4H3/b12-10+,13-7?/t11-/m1/s1. The first-order valence-electron chi connectivity index (χ1n) is 5.15. The van der Waals surface area contributed by atoms with Gasteiger partial charge in [-0.2, -0.15) is 0 Å². The van der Waals surface area contributed by atoms with Gasteiger partial charge < -0.3 is 9.47 Å². The molecule has 3 heteroatoms. The molecule has 3 nitrogen and oxygen atoms in total. The molecule has 1 rings (SSSR count). The molecular formula is C12H19NO2. The fourth-order valence-electron chi connectivity index (χ4n) is 1.64. The highest BCUT2D eigenvalue weighted by Gasteiger charge is 2.18. The van der Waals surface area contributed by atoms with Crippen LogP contribution in [0.25, 0.3) is 0 Å². The summed E-state index contributed by atoms with van der Waals surface area (Å²) in [4.78, 5) is 3.98.